The summed E-state index contributed by atoms with van der Waals surface area (Å²) in [6.07, 6.45) is 1.26. The van der Waals surface area contributed by atoms with Gasteiger partial charge in [0.2, 0.25) is 0 Å². The topological polar surface area (TPSA) is 15.3 Å². The molecular weight excluding hydrogens is 244 g/mol. The molecule has 3 heteroatoms. The van der Waals surface area contributed by atoms with Crippen LogP contribution in [0.5, 0.6) is 0 Å². The first-order valence-electron chi connectivity index (χ1n) is 6.83. The van der Waals surface area contributed by atoms with E-state index >= 15 is 0 Å². The molecule has 1 N–H and O–H groups in total. The molecule has 0 aliphatic carbocycles. The van der Waals surface area contributed by atoms with E-state index in [-0.39, 0.29) is 0 Å². The smallest absolute Gasteiger partial charge is 0.0406 e. The molecule has 0 spiro atoms. The zero-order valence-corrected chi connectivity index (χ0v) is 12.1. The first-order valence-corrected chi connectivity index (χ1v) is 7.21. The van der Waals surface area contributed by atoms with Crippen molar-refractivity contribution in [3.8, 4) is 0 Å². The van der Waals surface area contributed by atoms with Gasteiger partial charge < -0.3 is 5.32 Å². The van der Waals surface area contributed by atoms with E-state index in [1.807, 2.05) is 12.1 Å². The lowest BCUT2D eigenvalue weighted by Crippen LogP contribution is -2.50. The van der Waals surface area contributed by atoms with Crippen LogP contribution in [0.15, 0.2) is 24.3 Å². The molecule has 1 saturated heterocycles. The van der Waals surface area contributed by atoms with Gasteiger partial charge in [-0.2, -0.15) is 0 Å². The van der Waals surface area contributed by atoms with Gasteiger partial charge in [0.1, 0.15) is 0 Å². The van der Waals surface area contributed by atoms with Gasteiger partial charge in [-0.3, -0.25) is 4.90 Å². The highest BCUT2D eigenvalue weighted by molar-refractivity contribution is 6.30. The molecule has 1 aromatic rings. The molecule has 1 atom stereocenters. The number of nitrogens with one attached hydrogen (secondary N) is 1. The molecule has 0 radical (unpaired) electrons. The van der Waals surface area contributed by atoms with Gasteiger partial charge in [-0.15, -0.1) is 0 Å². The molecule has 1 aliphatic rings. The maximum Gasteiger partial charge on any atom is 0.0406 e. The van der Waals surface area contributed by atoms with Crippen LogP contribution in [-0.2, 0) is 6.54 Å². The largest absolute Gasteiger partial charge is 0.311 e. The normalized spacial score (nSPS) is 21.4. The van der Waals surface area contributed by atoms with Crippen LogP contribution in [0.3, 0.4) is 0 Å². The molecule has 1 heterocycles. The minimum Gasteiger partial charge on any atom is -0.311 e. The monoisotopic (exact) mass is 266 g/mol. The Labute approximate surface area is 115 Å². The van der Waals surface area contributed by atoms with E-state index in [1.54, 1.807) is 0 Å². The number of hydrogen-bond acceptors (Lipinski definition) is 2. The Hall–Kier alpha value is -0.570. The molecule has 0 unspecified atom stereocenters. The quantitative estimate of drug-likeness (QED) is 0.901. The van der Waals surface area contributed by atoms with E-state index in [1.165, 1.54) is 12.0 Å². The summed E-state index contributed by atoms with van der Waals surface area (Å²) in [5, 5.41) is 4.43. The van der Waals surface area contributed by atoms with Crippen molar-refractivity contribution in [1.29, 1.82) is 0 Å². The molecule has 1 aromatic carbocycles. The molecule has 0 amide bonds. The van der Waals surface area contributed by atoms with Gasteiger partial charge in [0.05, 0.1) is 0 Å². The van der Waals surface area contributed by atoms with Gasteiger partial charge in [-0.1, -0.05) is 37.6 Å². The summed E-state index contributed by atoms with van der Waals surface area (Å²) in [6.45, 7) is 9.01. The highest BCUT2D eigenvalue weighted by Gasteiger charge is 2.19. The second kappa shape index (κ2) is 6.55. The SMILES string of the molecule is CC(C)C[C@H]1CN(Cc2ccc(Cl)cc2)CCN1. The summed E-state index contributed by atoms with van der Waals surface area (Å²) in [5.41, 5.74) is 1.35. The summed E-state index contributed by atoms with van der Waals surface area (Å²) in [4.78, 5) is 2.53. The van der Waals surface area contributed by atoms with Crippen molar-refractivity contribution in [2.24, 2.45) is 5.92 Å². The Morgan fingerprint density at radius 2 is 2.06 bits per heavy atom. The Morgan fingerprint density at radius 1 is 1.33 bits per heavy atom. The predicted octanol–water partition coefficient (Wildman–Crippen LogP) is 3.16. The Balaban J connectivity index is 1.87. The van der Waals surface area contributed by atoms with Crippen molar-refractivity contribution in [2.45, 2.75) is 32.9 Å². The molecule has 0 aromatic heterocycles. The van der Waals surface area contributed by atoms with Crippen LogP contribution in [0.4, 0.5) is 0 Å². The zero-order chi connectivity index (χ0) is 13.0. The first-order chi connectivity index (χ1) is 8.63. The van der Waals surface area contributed by atoms with Crippen LogP contribution < -0.4 is 5.32 Å². The molecule has 1 aliphatic heterocycles. The number of nitrogens with zero attached hydrogens (tertiary/aromatic N) is 1. The number of piperazine rings is 1. The Morgan fingerprint density at radius 3 is 2.72 bits per heavy atom. The molecule has 1 fully saturated rings. The maximum atomic E-state index is 5.91. The van der Waals surface area contributed by atoms with E-state index in [0.717, 1.165) is 37.1 Å². The molecule has 18 heavy (non-hydrogen) atoms. The number of halogens is 1. The van der Waals surface area contributed by atoms with E-state index in [0.29, 0.717) is 6.04 Å². The van der Waals surface area contributed by atoms with Gasteiger partial charge in [0.15, 0.2) is 0 Å². The number of hydrogen-bond donors (Lipinski definition) is 1. The summed E-state index contributed by atoms with van der Waals surface area (Å²) in [5.74, 6) is 0.762. The van der Waals surface area contributed by atoms with Crippen LogP contribution in [0, 0.1) is 5.92 Å². The first kappa shape index (κ1) is 13.9. The Kier molecular flexibility index (Phi) is 5.04. The van der Waals surface area contributed by atoms with E-state index in [2.05, 4.69) is 36.2 Å². The summed E-state index contributed by atoms with van der Waals surface area (Å²) >= 11 is 5.91. The number of rotatable bonds is 4. The molecule has 2 nitrogen and oxygen atoms in total. The lowest BCUT2D eigenvalue weighted by molar-refractivity contribution is 0.179. The minimum absolute atomic E-state index is 0.644. The molecule has 0 saturated carbocycles. The van der Waals surface area contributed by atoms with Crippen LogP contribution >= 0.6 is 11.6 Å². The summed E-state index contributed by atoms with van der Waals surface area (Å²) in [6, 6.07) is 8.85. The van der Waals surface area contributed by atoms with Gasteiger partial charge in [0.25, 0.3) is 0 Å². The summed E-state index contributed by atoms with van der Waals surface area (Å²) < 4.78 is 0. The highest BCUT2D eigenvalue weighted by Crippen LogP contribution is 2.14. The standard InChI is InChI=1S/C15H23ClN2/c1-12(2)9-15-11-18(8-7-17-15)10-13-3-5-14(16)6-4-13/h3-6,12,15,17H,7-11H2,1-2H3/t15-/m0/s1. The highest BCUT2D eigenvalue weighted by atomic mass is 35.5. The fourth-order valence-electron chi connectivity index (χ4n) is 2.61. The van der Waals surface area contributed by atoms with Crippen molar-refractivity contribution in [2.75, 3.05) is 19.6 Å². The fourth-order valence-corrected chi connectivity index (χ4v) is 2.74. The minimum atomic E-state index is 0.644. The van der Waals surface area contributed by atoms with Crippen molar-refractivity contribution >= 4 is 11.6 Å². The second-order valence-electron chi connectivity index (χ2n) is 5.64. The van der Waals surface area contributed by atoms with E-state index in [4.69, 9.17) is 11.6 Å². The van der Waals surface area contributed by atoms with Gasteiger partial charge in [-0.05, 0) is 30.0 Å². The van der Waals surface area contributed by atoms with Gasteiger partial charge >= 0.3 is 0 Å². The van der Waals surface area contributed by atoms with Gasteiger partial charge in [0, 0.05) is 37.2 Å². The van der Waals surface area contributed by atoms with E-state index in [9.17, 15) is 0 Å². The average Bonchev–Trinajstić information content (AvgIpc) is 2.32. The average molecular weight is 267 g/mol. The van der Waals surface area contributed by atoms with Crippen molar-refractivity contribution < 1.29 is 0 Å². The van der Waals surface area contributed by atoms with Crippen molar-refractivity contribution in [3.63, 3.8) is 0 Å². The third-order valence-electron chi connectivity index (χ3n) is 3.41. The van der Waals surface area contributed by atoms with Crippen LogP contribution in [0.1, 0.15) is 25.8 Å². The Bertz CT molecular complexity index is 361. The number of benzene rings is 1. The van der Waals surface area contributed by atoms with Crippen molar-refractivity contribution in [1.82, 2.24) is 10.2 Å². The molecule has 2 rings (SSSR count). The molecule has 100 valence electrons. The van der Waals surface area contributed by atoms with Crippen LogP contribution in [0.25, 0.3) is 0 Å². The predicted molar refractivity (Wildman–Crippen MR) is 78.0 cm³/mol. The van der Waals surface area contributed by atoms with Gasteiger partial charge in [-0.25, -0.2) is 0 Å². The third-order valence-corrected chi connectivity index (χ3v) is 3.67. The van der Waals surface area contributed by atoms with E-state index < -0.39 is 0 Å². The molecular formula is C15H23ClN2. The van der Waals surface area contributed by atoms with Crippen molar-refractivity contribution in [3.05, 3.63) is 34.9 Å². The zero-order valence-electron chi connectivity index (χ0n) is 11.3. The van der Waals surface area contributed by atoms with Crippen LogP contribution in [0.2, 0.25) is 5.02 Å². The fraction of sp³-hybridized carbons (Fsp3) is 0.600. The molecule has 0 bridgehead atoms. The summed E-state index contributed by atoms with van der Waals surface area (Å²) in [7, 11) is 0. The second-order valence-corrected chi connectivity index (χ2v) is 6.08. The third kappa shape index (κ3) is 4.27. The maximum absolute atomic E-state index is 5.91. The van der Waals surface area contributed by atoms with Crippen LogP contribution in [-0.4, -0.2) is 30.6 Å². The lowest BCUT2D eigenvalue weighted by atomic mass is 10.0. The lowest BCUT2D eigenvalue weighted by Gasteiger charge is -2.34.